The summed E-state index contributed by atoms with van der Waals surface area (Å²) in [6, 6.07) is 8.65. The van der Waals surface area contributed by atoms with Gasteiger partial charge in [-0.3, -0.25) is 14.4 Å². The second kappa shape index (κ2) is 10.1. The number of anilines is 2. The number of aromatic hydroxyl groups is 1. The van der Waals surface area contributed by atoms with Crippen molar-refractivity contribution in [2.24, 2.45) is 11.8 Å². The molecule has 186 valence electrons. The van der Waals surface area contributed by atoms with Crippen LogP contribution in [0.25, 0.3) is 0 Å². The number of phenolic OH excluding ortho intramolecular Hbond substituents is 1. The number of rotatable bonds is 8. The van der Waals surface area contributed by atoms with E-state index in [4.69, 9.17) is 9.15 Å². The normalized spacial score (nSPS) is 16.2. The number of carbonyl (C=O) groups is 1. The molecule has 8 nitrogen and oxygen atoms in total. The van der Waals surface area contributed by atoms with E-state index in [9.17, 15) is 19.5 Å². The predicted molar refractivity (Wildman–Crippen MR) is 133 cm³/mol. The molecule has 1 aliphatic heterocycles. The lowest BCUT2D eigenvalue weighted by molar-refractivity contribution is 0.0476. The van der Waals surface area contributed by atoms with Crippen LogP contribution in [-0.4, -0.2) is 43.2 Å². The fourth-order valence-electron chi connectivity index (χ4n) is 5.09. The summed E-state index contributed by atoms with van der Waals surface area (Å²) < 4.78 is 11.6. The van der Waals surface area contributed by atoms with Gasteiger partial charge in [-0.2, -0.15) is 0 Å². The minimum absolute atomic E-state index is 0.0303. The van der Waals surface area contributed by atoms with Gasteiger partial charge in [0, 0.05) is 38.8 Å². The van der Waals surface area contributed by atoms with Crippen molar-refractivity contribution in [2.75, 3.05) is 32.6 Å². The molecule has 2 unspecified atom stereocenters. The zero-order valence-corrected chi connectivity index (χ0v) is 20.6. The Balaban J connectivity index is 1.60. The second-order valence-corrected chi connectivity index (χ2v) is 9.64. The van der Waals surface area contributed by atoms with Gasteiger partial charge in [0.25, 0.3) is 5.91 Å². The van der Waals surface area contributed by atoms with E-state index >= 15 is 0 Å². The van der Waals surface area contributed by atoms with Crippen molar-refractivity contribution in [3.05, 3.63) is 73.4 Å². The lowest BCUT2D eigenvalue weighted by Gasteiger charge is -2.33. The number of hydrogen-bond donors (Lipinski definition) is 2. The summed E-state index contributed by atoms with van der Waals surface area (Å²) in [7, 11) is 3.18. The molecule has 1 saturated heterocycles. The molecular weight excluding hydrogens is 448 g/mol. The van der Waals surface area contributed by atoms with E-state index < -0.39 is 10.9 Å². The van der Waals surface area contributed by atoms with Crippen LogP contribution in [0.4, 0.5) is 11.4 Å². The van der Waals surface area contributed by atoms with Crippen LogP contribution in [0.1, 0.15) is 53.1 Å². The molecule has 35 heavy (non-hydrogen) atoms. The van der Waals surface area contributed by atoms with E-state index in [1.54, 1.807) is 26.2 Å². The van der Waals surface area contributed by atoms with E-state index in [2.05, 4.69) is 12.2 Å². The molecule has 0 saturated carbocycles. The minimum atomic E-state index is -0.618. The lowest BCUT2D eigenvalue weighted by Crippen LogP contribution is -2.39. The number of hydrogen-bond acceptors (Lipinski definition) is 7. The van der Waals surface area contributed by atoms with E-state index in [0.717, 1.165) is 24.4 Å². The molecule has 1 aromatic heterocycles. The highest BCUT2D eigenvalue weighted by Crippen LogP contribution is 2.40. The third-order valence-corrected chi connectivity index (χ3v) is 6.94. The first-order valence-electron chi connectivity index (χ1n) is 12.0. The first-order valence-corrected chi connectivity index (χ1v) is 12.0. The Bertz CT molecular complexity index is 1280. The number of para-hydroxylation sites is 1. The topological polar surface area (TPSA) is 109 Å². The molecule has 1 fully saturated rings. The number of benzene rings is 1. The first-order chi connectivity index (χ1) is 16.7. The SMILES string of the molecule is Cc1ccc(C(C(C)Cc2c(Nc3cccc(C(=O)N(C)C)c3O)c(=O)c2=O)C2CCOCC2)o1. The van der Waals surface area contributed by atoms with E-state index in [1.807, 2.05) is 19.1 Å². The Morgan fingerprint density at radius 3 is 2.49 bits per heavy atom. The number of amides is 1. The average Bonchev–Trinajstić information content (AvgIpc) is 3.27. The maximum atomic E-state index is 12.6. The van der Waals surface area contributed by atoms with Gasteiger partial charge in [-0.25, -0.2) is 0 Å². The van der Waals surface area contributed by atoms with E-state index in [0.29, 0.717) is 31.1 Å². The fraction of sp³-hybridized carbons (Fsp3) is 0.444. The maximum absolute atomic E-state index is 12.6. The van der Waals surface area contributed by atoms with Crippen LogP contribution in [0.5, 0.6) is 5.75 Å². The smallest absolute Gasteiger partial charge is 0.257 e. The molecule has 4 rings (SSSR count). The van der Waals surface area contributed by atoms with Gasteiger partial charge in [-0.15, -0.1) is 0 Å². The number of phenols is 1. The molecule has 2 N–H and O–H groups in total. The third-order valence-electron chi connectivity index (χ3n) is 6.94. The Morgan fingerprint density at radius 2 is 1.86 bits per heavy atom. The van der Waals surface area contributed by atoms with Crippen LogP contribution < -0.4 is 16.2 Å². The van der Waals surface area contributed by atoms with Crippen molar-refractivity contribution in [1.29, 1.82) is 0 Å². The monoisotopic (exact) mass is 480 g/mol. The van der Waals surface area contributed by atoms with Gasteiger partial charge in [0.2, 0.25) is 10.9 Å². The van der Waals surface area contributed by atoms with Crippen molar-refractivity contribution in [3.8, 4) is 5.75 Å². The molecule has 3 aromatic rings. The maximum Gasteiger partial charge on any atom is 0.257 e. The molecule has 2 heterocycles. The highest BCUT2D eigenvalue weighted by molar-refractivity contribution is 5.98. The van der Waals surface area contributed by atoms with Crippen molar-refractivity contribution < 1.29 is 19.1 Å². The Labute approximate surface area is 204 Å². The molecule has 1 aliphatic rings. The van der Waals surface area contributed by atoms with Gasteiger partial charge in [-0.05, 0) is 62.3 Å². The largest absolute Gasteiger partial charge is 0.505 e. The van der Waals surface area contributed by atoms with Crippen molar-refractivity contribution in [2.45, 2.75) is 39.0 Å². The summed E-state index contributed by atoms with van der Waals surface area (Å²) in [6.45, 7) is 5.38. The van der Waals surface area contributed by atoms with Gasteiger partial charge in [0.1, 0.15) is 11.5 Å². The quantitative estimate of drug-likeness (QED) is 0.374. The van der Waals surface area contributed by atoms with Gasteiger partial charge in [-0.1, -0.05) is 13.0 Å². The molecule has 0 radical (unpaired) electrons. The van der Waals surface area contributed by atoms with Crippen LogP contribution in [0.3, 0.4) is 0 Å². The average molecular weight is 481 g/mol. The minimum Gasteiger partial charge on any atom is -0.505 e. The number of nitrogens with zero attached hydrogens (tertiary/aromatic N) is 1. The molecule has 0 bridgehead atoms. The molecule has 0 aliphatic carbocycles. The van der Waals surface area contributed by atoms with Crippen molar-refractivity contribution in [3.63, 3.8) is 0 Å². The van der Waals surface area contributed by atoms with Gasteiger partial charge >= 0.3 is 0 Å². The summed E-state index contributed by atoms with van der Waals surface area (Å²) in [5, 5.41) is 13.6. The number of aryl methyl sites for hydroxylation is 1. The molecule has 8 heteroatoms. The molecule has 0 spiro atoms. The van der Waals surface area contributed by atoms with E-state index in [-0.39, 0.29) is 40.4 Å². The van der Waals surface area contributed by atoms with Crippen molar-refractivity contribution in [1.82, 2.24) is 4.90 Å². The zero-order chi connectivity index (χ0) is 25.3. The number of furan rings is 1. The molecule has 1 amide bonds. The van der Waals surface area contributed by atoms with Crippen LogP contribution in [0.2, 0.25) is 0 Å². The first kappa shape index (κ1) is 24.7. The number of nitrogens with one attached hydrogen (secondary N) is 1. The van der Waals surface area contributed by atoms with Crippen LogP contribution in [0.15, 0.2) is 44.3 Å². The molecule has 2 aromatic carbocycles. The Kier molecular flexibility index (Phi) is 7.12. The van der Waals surface area contributed by atoms with Crippen molar-refractivity contribution >= 4 is 17.3 Å². The highest BCUT2D eigenvalue weighted by Gasteiger charge is 2.34. The summed E-state index contributed by atoms with van der Waals surface area (Å²) in [5.74, 6) is 1.57. The van der Waals surface area contributed by atoms with Gasteiger partial charge < -0.3 is 24.5 Å². The van der Waals surface area contributed by atoms with Gasteiger partial charge in [0.15, 0.2) is 5.75 Å². The number of ether oxygens (including phenoxy) is 1. The third kappa shape index (κ3) is 4.89. The van der Waals surface area contributed by atoms with Gasteiger partial charge in [0.05, 0.1) is 16.9 Å². The van der Waals surface area contributed by atoms with Crippen LogP contribution in [0, 0.1) is 18.8 Å². The molecular formula is C27H32N2O6. The number of carbonyl (C=O) groups excluding carboxylic acids is 1. The molecule has 2 atom stereocenters. The summed E-state index contributed by atoms with van der Waals surface area (Å²) >= 11 is 0. The summed E-state index contributed by atoms with van der Waals surface area (Å²) in [6.07, 6.45) is 2.21. The summed E-state index contributed by atoms with van der Waals surface area (Å²) in [4.78, 5) is 38.8. The van der Waals surface area contributed by atoms with E-state index in [1.165, 1.54) is 11.0 Å². The second-order valence-electron chi connectivity index (χ2n) is 9.64. The van der Waals surface area contributed by atoms with Crippen LogP contribution >= 0.6 is 0 Å². The zero-order valence-electron chi connectivity index (χ0n) is 20.6. The predicted octanol–water partition coefficient (Wildman–Crippen LogP) is 3.72. The van der Waals surface area contributed by atoms with Crippen LogP contribution in [-0.2, 0) is 11.2 Å². The highest BCUT2D eigenvalue weighted by atomic mass is 16.5. The Hall–Kier alpha value is -3.39. The standard InChI is InChI=1S/C27H32N2O6/c1-15(22(17-10-12-34-13-11-17)21-9-8-16(2)35-21)14-19-23(26(32)25(19)31)28-20-7-5-6-18(24(20)30)27(33)29(3)4/h5-9,15,17,22,28,30H,10-14H2,1-4H3. The Morgan fingerprint density at radius 1 is 1.14 bits per heavy atom. The summed E-state index contributed by atoms with van der Waals surface area (Å²) in [5.41, 5.74) is -0.227. The fourth-order valence-corrected chi connectivity index (χ4v) is 5.09. The lowest BCUT2D eigenvalue weighted by atomic mass is 9.74.